The Morgan fingerprint density at radius 3 is 2.55 bits per heavy atom. The Labute approximate surface area is 179 Å². The second-order valence-electron chi connectivity index (χ2n) is 6.68. The predicted molar refractivity (Wildman–Crippen MR) is 112 cm³/mol. The first-order valence-electron chi connectivity index (χ1n) is 9.64. The van der Waals surface area contributed by atoms with E-state index in [0.717, 1.165) is 0 Å². The molecule has 2 aromatic carbocycles. The van der Waals surface area contributed by atoms with Gasteiger partial charge in [-0.2, -0.15) is 0 Å². The highest BCUT2D eigenvalue weighted by Crippen LogP contribution is 2.33. The lowest BCUT2D eigenvalue weighted by molar-refractivity contribution is -0.125. The van der Waals surface area contributed by atoms with E-state index in [4.69, 9.17) is 18.9 Å². The first kappa shape index (κ1) is 22.1. The van der Waals surface area contributed by atoms with E-state index < -0.39 is 0 Å². The van der Waals surface area contributed by atoms with Crippen LogP contribution in [0.2, 0.25) is 0 Å². The zero-order chi connectivity index (χ0) is 22.2. The number of hydrogen-bond donors (Lipinski definition) is 1. The summed E-state index contributed by atoms with van der Waals surface area (Å²) < 4.78 is 21.0. The number of benzene rings is 2. The van der Waals surface area contributed by atoms with E-state index in [2.05, 4.69) is 5.32 Å². The Bertz CT molecular complexity index is 943. The van der Waals surface area contributed by atoms with Crippen LogP contribution in [0.4, 0.5) is 5.69 Å². The standard InChI is InChI=1S/C22H24N2O7/c1-28-10-9-23-21(26)12-24-18-11-15(3-8-20(18)31-14-22(24)27)19(25)13-30-17-6-4-16(29-2)5-7-17/h3-8,11H,9-10,12-14H2,1-2H3,(H,23,26). The molecule has 3 rings (SSSR count). The molecule has 0 fully saturated rings. The van der Waals surface area contributed by atoms with Gasteiger partial charge >= 0.3 is 0 Å². The monoisotopic (exact) mass is 428 g/mol. The molecule has 0 aromatic heterocycles. The number of fused-ring (bicyclic) bond motifs is 1. The van der Waals surface area contributed by atoms with Crippen molar-refractivity contribution in [1.29, 1.82) is 0 Å². The third-order valence-corrected chi connectivity index (χ3v) is 4.58. The van der Waals surface area contributed by atoms with Crippen molar-refractivity contribution < 1.29 is 33.3 Å². The minimum absolute atomic E-state index is 0.174. The Morgan fingerprint density at radius 2 is 1.84 bits per heavy atom. The van der Waals surface area contributed by atoms with Gasteiger partial charge in [-0.3, -0.25) is 19.3 Å². The maximum Gasteiger partial charge on any atom is 0.265 e. The molecule has 0 bridgehead atoms. The summed E-state index contributed by atoms with van der Waals surface area (Å²) in [6.45, 7) is 0.163. The predicted octanol–water partition coefficient (Wildman–Crippen LogP) is 1.44. The molecule has 0 unspecified atom stereocenters. The SMILES string of the molecule is COCCNC(=O)CN1C(=O)COc2ccc(C(=O)COc3ccc(OC)cc3)cc21. The van der Waals surface area contributed by atoms with Gasteiger partial charge in [-0.15, -0.1) is 0 Å². The van der Waals surface area contributed by atoms with Gasteiger partial charge < -0.3 is 24.3 Å². The van der Waals surface area contributed by atoms with Crippen LogP contribution in [-0.4, -0.2) is 64.7 Å². The zero-order valence-corrected chi connectivity index (χ0v) is 17.4. The van der Waals surface area contributed by atoms with Gasteiger partial charge in [0.15, 0.2) is 19.0 Å². The van der Waals surface area contributed by atoms with Crippen molar-refractivity contribution in [3.8, 4) is 17.2 Å². The van der Waals surface area contributed by atoms with Crippen molar-refractivity contribution in [2.75, 3.05) is 52.0 Å². The van der Waals surface area contributed by atoms with Gasteiger partial charge in [0, 0.05) is 19.2 Å². The molecular weight excluding hydrogens is 404 g/mol. The lowest BCUT2D eigenvalue weighted by Gasteiger charge is -2.29. The molecule has 9 heteroatoms. The first-order chi connectivity index (χ1) is 15.0. The minimum atomic E-state index is -0.367. The van der Waals surface area contributed by atoms with E-state index in [1.165, 1.54) is 18.1 Å². The van der Waals surface area contributed by atoms with E-state index in [0.29, 0.717) is 41.7 Å². The molecule has 0 atom stereocenters. The molecule has 1 aliphatic rings. The molecule has 9 nitrogen and oxygen atoms in total. The van der Waals surface area contributed by atoms with E-state index in [9.17, 15) is 14.4 Å². The topological polar surface area (TPSA) is 103 Å². The van der Waals surface area contributed by atoms with Gasteiger partial charge in [-0.1, -0.05) is 0 Å². The molecule has 31 heavy (non-hydrogen) atoms. The summed E-state index contributed by atoms with van der Waals surface area (Å²) in [6.07, 6.45) is 0. The number of ether oxygens (including phenoxy) is 4. The van der Waals surface area contributed by atoms with Gasteiger partial charge in [0.25, 0.3) is 5.91 Å². The average molecular weight is 428 g/mol. The highest BCUT2D eigenvalue weighted by molar-refractivity contribution is 6.04. The number of nitrogens with one attached hydrogen (secondary N) is 1. The number of ketones is 1. The van der Waals surface area contributed by atoms with E-state index in [1.807, 2.05) is 0 Å². The van der Waals surface area contributed by atoms with Crippen LogP contribution in [0.1, 0.15) is 10.4 Å². The first-order valence-corrected chi connectivity index (χ1v) is 9.64. The molecular formula is C22H24N2O7. The summed E-state index contributed by atoms with van der Waals surface area (Å²) in [5.74, 6) is 0.661. The largest absolute Gasteiger partial charge is 0.497 e. The molecule has 0 saturated heterocycles. The van der Waals surface area contributed by atoms with Crippen LogP contribution in [-0.2, 0) is 14.3 Å². The van der Waals surface area contributed by atoms with Crippen LogP contribution in [0.15, 0.2) is 42.5 Å². The van der Waals surface area contributed by atoms with E-state index >= 15 is 0 Å². The van der Waals surface area contributed by atoms with Crippen molar-refractivity contribution >= 4 is 23.3 Å². The Hall–Kier alpha value is -3.59. The number of rotatable bonds is 10. The molecule has 164 valence electrons. The summed E-state index contributed by atoms with van der Waals surface area (Å²) in [4.78, 5) is 38.4. The zero-order valence-electron chi connectivity index (χ0n) is 17.4. The van der Waals surface area contributed by atoms with Crippen molar-refractivity contribution in [3.05, 3.63) is 48.0 Å². The van der Waals surface area contributed by atoms with Gasteiger partial charge in [0.2, 0.25) is 5.91 Å². The van der Waals surface area contributed by atoms with Gasteiger partial charge in [0.05, 0.1) is 19.4 Å². The smallest absolute Gasteiger partial charge is 0.265 e. The second kappa shape index (κ2) is 10.4. The van der Waals surface area contributed by atoms with Crippen LogP contribution in [0.5, 0.6) is 17.2 Å². The number of methoxy groups -OCH3 is 2. The Kier molecular flexibility index (Phi) is 7.45. The number of carbonyl (C=O) groups excluding carboxylic acids is 3. The summed E-state index contributed by atoms with van der Waals surface area (Å²) in [6, 6.07) is 11.6. The summed E-state index contributed by atoms with van der Waals surface area (Å²) in [5, 5.41) is 2.67. The normalized spacial score (nSPS) is 12.6. The molecule has 0 radical (unpaired) electrons. The Morgan fingerprint density at radius 1 is 1.10 bits per heavy atom. The number of nitrogens with zero attached hydrogens (tertiary/aromatic N) is 1. The number of amides is 2. The molecule has 0 spiro atoms. The molecule has 2 amide bonds. The second-order valence-corrected chi connectivity index (χ2v) is 6.68. The fourth-order valence-corrected chi connectivity index (χ4v) is 2.95. The quantitative estimate of drug-likeness (QED) is 0.451. The maximum absolute atomic E-state index is 12.6. The summed E-state index contributed by atoms with van der Waals surface area (Å²) in [5.41, 5.74) is 0.712. The van der Waals surface area contributed by atoms with Crippen LogP contribution in [0, 0.1) is 0 Å². The van der Waals surface area contributed by atoms with Crippen LogP contribution < -0.4 is 24.4 Å². The third kappa shape index (κ3) is 5.73. The van der Waals surface area contributed by atoms with E-state index in [1.54, 1.807) is 43.5 Å². The lowest BCUT2D eigenvalue weighted by atomic mass is 10.1. The number of hydrogen-bond acceptors (Lipinski definition) is 7. The van der Waals surface area contributed by atoms with Crippen molar-refractivity contribution in [2.24, 2.45) is 0 Å². The maximum atomic E-state index is 12.6. The summed E-state index contributed by atoms with van der Waals surface area (Å²) in [7, 11) is 3.10. The number of anilines is 1. The molecule has 0 aliphatic carbocycles. The van der Waals surface area contributed by atoms with Crippen molar-refractivity contribution in [2.45, 2.75) is 0 Å². The number of Topliss-reactive ketones (excluding diaryl/α,β-unsaturated/α-hetero) is 1. The van der Waals surface area contributed by atoms with Crippen LogP contribution in [0.3, 0.4) is 0 Å². The molecule has 0 saturated carbocycles. The molecule has 1 aliphatic heterocycles. The molecule has 1 heterocycles. The van der Waals surface area contributed by atoms with E-state index in [-0.39, 0.29) is 37.4 Å². The highest BCUT2D eigenvalue weighted by Gasteiger charge is 2.28. The fourth-order valence-electron chi connectivity index (χ4n) is 2.95. The van der Waals surface area contributed by atoms with Crippen molar-refractivity contribution in [1.82, 2.24) is 5.32 Å². The van der Waals surface area contributed by atoms with Crippen molar-refractivity contribution in [3.63, 3.8) is 0 Å². The van der Waals surface area contributed by atoms with Gasteiger partial charge in [0.1, 0.15) is 23.8 Å². The van der Waals surface area contributed by atoms with Crippen LogP contribution in [0.25, 0.3) is 0 Å². The third-order valence-electron chi connectivity index (χ3n) is 4.58. The number of carbonyl (C=O) groups is 3. The summed E-state index contributed by atoms with van der Waals surface area (Å²) >= 11 is 0. The van der Waals surface area contributed by atoms with Gasteiger partial charge in [-0.05, 0) is 42.5 Å². The van der Waals surface area contributed by atoms with Crippen LogP contribution >= 0.6 is 0 Å². The highest BCUT2D eigenvalue weighted by atomic mass is 16.5. The fraction of sp³-hybridized carbons (Fsp3) is 0.318. The Balaban J connectivity index is 1.69. The average Bonchev–Trinajstić information content (AvgIpc) is 2.79. The molecule has 1 N–H and O–H groups in total. The van der Waals surface area contributed by atoms with Gasteiger partial charge in [-0.25, -0.2) is 0 Å². The molecule has 2 aromatic rings. The lowest BCUT2D eigenvalue weighted by Crippen LogP contribution is -2.45. The minimum Gasteiger partial charge on any atom is -0.497 e.